The number of amides is 2. The highest BCUT2D eigenvalue weighted by molar-refractivity contribution is 7.91. The first-order chi connectivity index (χ1) is 19.4. The van der Waals surface area contributed by atoms with E-state index in [1.165, 1.54) is 18.2 Å². The lowest BCUT2D eigenvalue weighted by molar-refractivity contribution is -0.134. The predicted octanol–water partition coefficient (Wildman–Crippen LogP) is 4.05. The third-order valence-corrected chi connectivity index (χ3v) is 8.05. The predicted molar refractivity (Wildman–Crippen MR) is 167 cm³/mol. The number of nitrogens with zero attached hydrogens (tertiary/aromatic N) is 2. The second kappa shape index (κ2) is 14.0. The molecule has 0 radical (unpaired) electrons. The molecule has 228 valence electrons. The van der Waals surface area contributed by atoms with Crippen LogP contribution in [0.5, 0.6) is 0 Å². The third kappa shape index (κ3) is 8.70. The molecule has 1 atom stereocenters. The number of likely N-dealkylation sites (N-methyl/N-ethyl adjacent to an activating group) is 1. The van der Waals surface area contributed by atoms with Gasteiger partial charge >= 0.3 is 0 Å². The number of anilines is 3. The zero-order chi connectivity index (χ0) is 32.0. The van der Waals surface area contributed by atoms with Gasteiger partial charge in [-0.2, -0.15) is 0 Å². The van der Waals surface area contributed by atoms with Crippen LogP contribution < -0.4 is 21.3 Å². The smallest absolute Gasteiger partial charge is 0.291 e. The minimum absolute atomic E-state index is 0.0277. The highest BCUT2D eigenvalue weighted by atomic mass is 35.5. The molecule has 11 nitrogen and oxygen atoms in total. The summed E-state index contributed by atoms with van der Waals surface area (Å²) in [5.74, 6) is -2.78. The molecule has 0 aliphatic carbocycles. The van der Waals surface area contributed by atoms with Crippen molar-refractivity contribution in [1.29, 1.82) is 0 Å². The van der Waals surface area contributed by atoms with Gasteiger partial charge in [0.15, 0.2) is 21.3 Å². The summed E-state index contributed by atoms with van der Waals surface area (Å²) in [6, 6.07) is 9.24. The van der Waals surface area contributed by atoms with Gasteiger partial charge in [-0.05, 0) is 55.8 Å². The fourth-order valence-corrected chi connectivity index (χ4v) is 5.20. The van der Waals surface area contributed by atoms with Crippen molar-refractivity contribution in [2.45, 2.75) is 53.3 Å². The van der Waals surface area contributed by atoms with Crippen LogP contribution in [0.25, 0.3) is 0 Å². The van der Waals surface area contributed by atoms with Crippen molar-refractivity contribution in [2.24, 2.45) is 16.1 Å². The van der Waals surface area contributed by atoms with Crippen LogP contribution in [0.2, 0.25) is 5.02 Å². The van der Waals surface area contributed by atoms with Crippen molar-refractivity contribution >= 4 is 73.3 Å². The zero-order valence-corrected chi connectivity index (χ0v) is 26.4. The number of carbonyl (C=O) groups is 4. The van der Waals surface area contributed by atoms with Crippen molar-refractivity contribution in [2.75, 3.05) is 34.9 Å². The van der Waals surface area contributed by atoms with E-state index >= 15 is 0 Å². The topological polar surface area (TPSA) is 168 Å². The molecule has 0 heterocycles. The minimum atomic E-state index is -3.48. The molecule has 2 aromatic rings. The quantitative estimate of drug-likeness (QED) is 0.182. The van der Waals surface area contributed by atoms with E-state index in [1.54, 1.807) is 57.7 Å². The van der Waals surface area contributed by atoms with E-state index in [2.05, 4.69) is 15.6 Å². The summed E-state index contributed by atoms with van der Waals surface area (Å²) in [5.41, 5.74) is 6.25. The Morgan fingerprint density at radius 2 is 1.67 bits per heavy atom. The summed E-state index contributed by atoms with van der Waals surface area (Å²) >= 11 is 6.28. The number of carbonyl (C=O) groups excluding carboxylic acids is 4. The number of Topliss-reactive ketones (excluding diaryl/α,β-unsaturated/α-hetero) is 2. The number of hydrogen-bond donors (Lipinski definition) is 3. The lowest BCUT2D eigenvalue weighted by Crippen LogP contribution is -2.45. The maximum absolute atomic E-state index is 13.5. The number of sulfone groups is 1. The summed E-state index contributed by atoms with van der Waals surface area (Å²) in [4.78, 5) is 56.6. The molecule has 42 heavy (non-hydrogen) atoms. The lowest BCUT2D eigenvalue weighted by atomic mass is 9.87. The van der Waals surface area contributed by atoms with Gasteiger partial charge in [0, 0.05) is 42.6 Å². The van der Waals surface area contributed by atoms with Crippen LogP contribution in [0, 0.1) is 12.3 Å². The fraction of sp³-hybridized carbons (Fsp3) is 0.414. The molecule has 2 aromatic carbocycles. The van der Waals surface area contributed by atoms with Gasteiger partial charge in [0.05, 0.1) is 16.4 Å². The Morgan fingerprint density at radius 3 is 2.17 bits per heavy atom. The third-order valence-electron chi connectivity index (χ3n) is 6.29. The first kappa shape index (κ1) is 34.6. The van der Waals surface area contributed by atoms with Crippen molar-refractivity contribution in [3.05, 3.63) is 47.0 Å². The molecular weight excluding hydrogens is 582 g/mol. The molecule has 2 amide bonds. The number of benzene rings is 2. The number of nitrogens with two attached hydrogens (primary N) is 1. The Balaban J connectivity index is 2.52. The van der Waals surface area contributed by atoms with Crippen molar-refractivity contribution in [3.63, 3.8) is 0 Å². The molecule has 0 aromatic heterocycles. The van der Waals surface area contributed by atoms with E-state index in [-0.39, 0.29) is 35.1 Å². The maximum Gasteiger partial charge on any atom is 0.291 e. The number of nitrogens with one attached hydrogen (secondary N) is 2. The van der Waals surface area contributed by atoms with Gasteiger partial charge < -0.3 is 21.3 Å². The zero-order valence-electron chi connectivity index (χ0n) is 24.9. The largest absolute Gasteiger partial charge is 0.354 e. The summed E-state index contributed by atoms with van der Waals surface area (Å²) in [5, 5.41) is 4.25. The maximum atomic E-state index is 13.5. The molecule has 0 fully saturated rings. The normalized spacial score (nSPS) is 12.8. The second-order valence-electron chi connectivity index (χ2n) is 10.7. The monoisotopic (exact) mass is 619 g/mol. The Kier molecular flexibility index (Phi) is 11.6. The standard InChI is InChI=1S/C29H38ClN5O6S/c1-8-23(36)27(38)32-18-10-12-20(30)22(15-18)34-28(39)25(26(37)29(4,5)6)33-21-13-11-19(14-17(21)3)35(9-2)24(16-31)42(7,40)41/h10-15,24H,8-9,16,31H2,1-7H3,(H,32,38)(H,34,39)/b33-25-. The van der Waals surface area contributed by atoms with Crippen molar-refractivity contribution in [3.8, 4) is 0 Å². The summed E-state index contributed by atoms with van der Waals surface area (Å²) in [7, 11) is -3.48. The van der Waals surface area contributed by atoms with Gasteiger partial charge in [0.2, 0.25) is 5.78 Å². The minimum Gasteiger partial charge on any atom is -0.354 e. The Morgan fingerprint density at radius 1 is 1.02 bits per heavy atom. The molecule has 13 heteroatoms. The van der Waals surface area contributed by atoms with Crippen LogP contribution in [-0.4, -0.2) is 62.2 Å². The molecule has 0 spiro atoms. The highest BCUT2D eigenvalue weighted by Gasteiger charge is 2.32. The van der Waals surface area contributed by atoms with Crippen LogP contribution >= 0.6 is 11.6 Å². The first-order valence-electron chi connectivity index (χ1n) is 13.3. The first-order valence-corrected chi connectivity index (χ1v) is 15.6. The fourth-order valence-electron chi connectivity index (χ4n) is 3.95. The van der Waals surface area contributed by atoms with Gasteiger partial charge in [-0.25, -0.2) is 13.4 Å². The molecular formula is C29H38ClN5O6S. The van der Waals surface area contributed by atoms with Gasteiger partial charge in [-0.15, -0.1) is 0 Å². The van der Waals surface area contributed by atoms with Gasteiger partial charge in [0.25, 0.3) is 11.8 Å². The Bertz CT molecular complexity index is 1510. The summed E-state index contributed by atoms with van der Waals surface area (Å²) < 4.78 is 24.6. The number of aryl methyl sites for hydroxylation is 1. The Hall–Kier alpha value is -3.61. The number of ketones is 2. The molecule has 0 saturated carbocycles. The number of aliphatic imine (C=N–C) groups is 1. The number of halogens is 1. The van der Waals surface area contributed by atoms with Gasteiger partial charge in [-0.3, -0.25) is 19.2 Å². The molecule has 0 saturated heterocycles. The molecule has 0 aliphatic rings. The van der Waals surface area contributed by atoms with Gasteiger partial charge in [0.1, 0.15) is 5.37 Å². The second-order valence-corrected chi connectivity index (χ2v) is 13.3. The van der Waals surface area contributed by atoms with E-state index in [1.807, 2.05) is 6.92 Å². The summed E-state index contributed by atoms with van der Waals surface area (Å²) in [6.45, 7) is 10.3. The van der Waals surface area contributed by atoms with Crippen LogP contribution in [0.15, 0.2) is 41.4 Å². The molecule has 0 bridgehead atoms. The van der Waals surface area contributed by atoms with E-state index < -0.39 is 44.0 Å². The van der Waals surface area contributed by atoms with E-state index in [4.69, 9.17) is 17.3 Å². The molecule has 0 aliphatic heterocycles. The van der Waals surface area contributed by atoms with E-state index in [0.29, 0.717) is 23.5 Å². The number of rotatable bonds is 12. The van der Waals surface area contributed by atoms with Crippen LogP contribution in [0.1, 0.15) is 46.6 Å². The van der Waals surface area contributed by atoms with Crippen molar-refractivity contribution in [1.82, 2.24) is 0 Å². The average molecular weight is 620 g/mol. The van der Waals surface area contributed by atoms with Crippen LogP contribution in [0.4, 0.5) is 22.7 Å². The number of hydrogen-bond acceptors (Lipinski definition) is 9. The average Bonchev–Trinajstić information content (AvgIpc) is 2.90. The summed E-state index contributed by atoms with van der Waals surface area (Å²) in [6.07, 6.45) is 1.15. The Labute approximate surface area is 251 Å². The van der Waals surface area contributed by atoms with E-state index in [9.17, 15) is 27.6 Å². The molecule has 2 rings (SSSR count). The highest BCUT2D eigenvalue weighted by Crippen LogP contribution is 2.29. The van der Waals surface area contributed by atoms with Gasteiger partial charge in [-0.1, -0.05) is 39.3 Å². The van der Waals surface area contributed by atoms with Crippen LogP contribution in [0.3, 0.4) is 0 Å². The van der Waals surface area contributed by atoms with E-state index in [0.717, 1.165) is 6.26 Å². The SMILES string of the molecule is CCC(=O)C(=O)Nc1ccc(Cl)c(NC(=O)/C(=N\c2ccc(N(CC)C(CN)S(C)(=O)=O)cc2C)C(=O)C(C)(C)C)c1. The van der Waals surface area contributed by atoms with Crippen LogP contribution in [-0.2, 0) is 29.0 Å². The lowest BCUT2D eigenvalue weighted by Gasteiger charge is -2.31. The van der Waals surface area contributed by atoms with Crippen molar-refractivity contribution < 1.29 is 27.6 Å². The molecule has 4 N–H and O–H groups in total. The molecule has 1 unspecified atom stereocenters.